The number of hydrogen-bond acceptors (Lipinski definition) is 3. The molecule has 2 rings (SSSR count). The number of carbonyl (C=O) groups is 1. The van der Waals surface area contributed by atoms with Crippen molar-refractivity contribution in [2.24, 2.45) is 0 Å². The third-order valence-electron chi connectivity index (χ3n) is 2.47. The zero-order chi connectivity index (χ0) is 13.3. The van der Waals surface area contributed by atoms with Crippen LogP contribution in [0.4, 0.5) is 13.2 Å². The molecule has 0 unspecified atom stereocenters. The molecule has 0 saturated carbocycles. The molecule has 18 heavy (non-hydrogen) atoms. The summed E-state index contributed by atoms with van der Waals surface area (Å²) in [5.41, 5.74) is -0.384. The number of aryl methyl sites for hydroxylation is 1. The Labute approximate surface area is 100 Å². The molecule has 1 aromatic heterocycles. The number of halogens is 3. The first-order chi connectivity index (χ1) is 8.39. The van der Waals surface area contributed by atoms with Gasteiger partial charge >= 0.3 is 6.18 Å². The molecule has 6 heteroatoms. The van der Waals surface area contributed by atoms with Gasteiger partial charge in [-0.2, -0.15) is 13.2 Å². The lowest BCUT2D eigenvalue weighted by molar-refractivity contribution is -0.137. The van der Waals surface area contributed by atoms with Crippen LogP contribution in [0.5, 0.6) is 0 Å². The van der Waals surface area contributed by atoms with Gasteiger partial charge in [-0.3, -0.25) is 4.79 Å². The van der Waals surface area contributed by atoms with Crippen molar-refractivity contribution in [3.8, 4) is 0 Å². The second-order valence-electron chi connectivity index (χ2n) is 3.70. The van der Waals surface area contributed by atoms with Crippen molar-refractivity contribution in [1.82, 2.24) is 5.16 Å². The molecule has 0 amide bonds. The summed E-state index contributed by atoms with van der Waals surface area (Å²) in [6.07, 6.45) is -3.16. The van der Waals surface area contributed by atoms with Crippen LogP contribution < -0.4 is 0 Å². The highest BCUT2D eigenvalue weighted by Gasteiger charge is 2.30. The smallest absolute Gasteiger partial charge is 0.361 e. The fourth-order valence-electron chi connectivity index (χ4n) is 1.48. The molecular weight excluding hydrogens is 247 g/mol. The fraction of sp³-hybridized carbons (Fsp3) is 0.167. The van der Waals surface area contributed by atoms with Crippen molar-refractivity contribution in [3.05, 3.63) is 52.9 Å². The fourth-order valence-corrected chi connectivity index (χ4v) is 1.48. The summed E-state index contributed by atoms with van der Waals surface area (Å²) >= 11 is 0. The van der Waals surface area contributed by atoms with Crippen LogP contribution in [0.15, 0.2) is 35.0 Å². The number of aromatic nitrogens is 1. The first-order valence-corrected chi connectivity index (χ1v) is 5.03. The van der Waals surface area contributed by atoms with E-state index in [1.807, 2.05) is 0 Å². The molecule has 0 bridgehead atoms. The number of rotatable bonds is 2. The maximum atomic E-state index is 12.3. The number of benzene rings is 1. The Morgan fingerprint density at radius 2 is 1.83 bits per heavy atom. The average Bonchev–Trinajstić information content (AvgIpc) is 2.73. The van der Waals surface area contributed by atoms with Crippen LogP contribution in [0.25, 0.3) is 0 Å². The highest BCUT2D eigenvalue weighted by Crippen LogP contribution is 2.29. The number of ketones is 1. The Kier molecular flexibility index (Phi) is 2.94. The van der Waals surface area contributed by atoms with Gasteiger partial charge in [-0.15, -0.1) is 0 Å². The van der Waals surface area contributed by atoms with Crippen molar-refractivity contribution in [1.29, 1.82) is 0 Å². The molecule has 1 heterocycles. The van der Waals surface area contributed by atoms with Crippen molar-refractivity contribution in [2.45, 2.75) is 13.1 Å². The van der Waals surface area contributed by atoms with Gasteiger partial charge in [-0.1, -0.05) is 17.3 Å². The first kappa shape index (κ1) is 12.3. The van der Waals surface area contributed by atoms with Crippen LogP contribution in [0.3, 0.4) is 0 Å². The Morgan fingerprint density at radius 1 is 1.22 bits per heavy atom. The Bertz CT molecular complexity index is 570. The number of carbonyl (C=O) groups excluding carboxylic acids is 1. The Morgan fingerprint density at radius 3 is 2.28 bits per heavy atom. The summed E-state index contributed by atoms with van der Waals surface area (Å²) < 4.78 is 41.8. The molecule has 0 radical (unpaired) electrons. The van der Waals surface area contributed by atoms with Crippen LogP contribution in [-0.4, -0.2) is 10.9 Å². The summed E-state index contributed by atoms with van der Waals surface area (Å²) in [6.45, 7) is 1.56. The maximum absolute atomic E-state index is 12.3. The molecule has 0 fully saturated rings. The van der Waals surface area contributed by atoms with E-state index >= 15 is 0 Å². The molecule has 0 spiro atoms. The minimum Gasteiger partial charge on any atom is -0.361 e. The van der Waals surface area contributed by atoms with E-state index in [9.17, 15) is 18.0 Å². The monoisotopic (exact) mass is 255 g/mol. The van der Waals surface area contributed by atoms with E-state index in [4.69, 9.17) is 4.52 Å². The SMILES string of the molecule is Cc1oncc1C(=O)c1ccc(C(F)(F)F)cc1. The second kappa shape index (κ2) is 4.29. The standard InChI is InChI=1S/C12H8F3NO2/c1-7-10(6-16-18-7)11(17)8-2-4-9(5-3-8)12(13,14)15/h2-6H,1H3. The molecule has 0 saturated heterocycles. The summed E-state index contributed by atoms with van der Waals surface area (Å²) in [5.74, 6) is -0.0811. The third-order valence-corrected chi connectivity index (χ3v) is 2.47. The van der Waals surface area contributed by atoms with Gasteiger partial charge in [0.2, 0.25) is 0 Å². The molecule has 0 atom stereocenters. The number of hydrogen-bond donors (Lipinski definition) is 0. The lowest BCUT2D eigenvalue weighted by atomic mass is 10.0. The van der Waals surface area contributed by atoms with Crippen LogP contribution in [0, 0.1) is 6.92 Å². The minimum atomic E-state index is -4.41. The zero-order valence-corrected chi connectivity index (χ0v) is 9.28. The topological polar surface area (TPSA) is 43.1 Å². The Balaban J connectivity index is 2.31. The maximum Gasteiger partial charge on any atom is 0.416 e. The van der Waals surface area contributed by atoms with Gasteiger partial charge in [0.1, 0.15) is 5.76 Å². The summed E-state index contributed by atoms with van der Waals surface area (Å²) in [7, 11) is 0. The van der Waals surface area contributed by atoms with E-state index < -0.39 is 17.5 Å². The van der Waals surface area contributed by atoms with E-state index in [0.717, 1.165) is 24.3 Å². The van der Waals surface area contributed by atoms with Crippen LogP contribution in [0.2, 0.25) is 0 Å². The number of nitrogens with zero attached hydrogens (tertiary/aromatic N) is 1. The predicted molar refractivity (Wildman–Crippen MR) is 56.1 cm³/mol. The first-order valence-electron chi connectivity index (χ1n) is 5.03. The molecule has 0 aliphatic rings. The van der Waals surface area contributed by atoms with Crippen LogP contribution >= 0.6 is 0 Å². The van der Waals surface area contributed by atoms with Gasteiger partial charge in [0.15, 0.2) is 5.78 Å². The van der Waals surface area contributed by atoms with E-state index in [1.165, 1.54) is 6.20 Å². The lowest BCUT2D eigenvalue weighted by Gasteiger charge is -2.06. The van der Waals surface area contributed by atoms with E-state index in [0.29, 0.717) is 5.76 Å². The van der Waals surface area contributed by atoms with Gasteiger partial charge in [-0.25, -0.2) is 0 Å². The minimum absolute atomic E-state index is 0.161. The second-order valence-corrected chi connectivity index (χ2v) is 3.70. The zero-order valence-electron chi connectivity index (χ0n) is 9.28. The van der Waals surface area contributed by atoms with Crippen LogP contribution in [-0.2, 0) is 6.18 Å². The Hall–Kier alpha value is -2.11. The van der Waals surface area contributed by atoms with Crippen LogP contribution in [0.1, 0.15) is 27.2 Å². The van der Waals surface area contributed by atoms with Gasteiger partial charge in [-0.05, 0) is 19.1 Å². The molecule has 0 aliphatic carbocycles. The average molecular weight is 255 g/mol. The van der Waals surface area contributed by atoms with Crippen molar-refractivity contribution >= 4 is 5.78 Å². The van der Waals surface area contributed by atoms with E-state index in [1.54, 1.807) is 6.92 Å². The quantitative estimate of drug-likeness (QED) is 0.774. The molecule has 1 aromatic carbocycles. The van der Waals surface area contributed by atoms with E-state index in [-0.39, 0.29) is 11.1 Å². The molecular formula is C12H8F3NO2. The summed E-state index contributed by atoms with van der Waals surface area (Å²) in [4.78, 5) is 11.9. The normalized spacial score (nSPS) is 11.6. The van der Waals surface area contributed by atoms with Gasteiger partial charge < -0.3 is 4.52 Å². The predicted octanol–water partition coefficient (Wildman–Crippen LogP) is 3.23. The van der Waals surface area contributed by atoms with Crippen molar-refractivity contribution in [3.63, 3.8) is 0 Å². The lowest BCUT2D eigenvalue weighted by Crippen LogP contribution is -2.06. The van der Waals surface area contributed by atoms with Gasteiger partial charge in [0.25, 0.3) is 0 Å². The van der Waals surface area contributed by atoms with E-state index in [2.05, 4.69) is 5.16 Å². The molecule has 0 N–H and O–H groups in total. The molecule has 0 aliphatic heterocycles. The summed E-state index contributed by atoms with van der Waals surface area (Å²) in [6, 6.07) is 4.02. The highest BCUT2D eigenvalue weighted by molar-refractivity contribution is 6.09. The molecule has 2 aromatic rings. The molecule has 94 valence electrons. The molecule has 3 nitrogen and oxygen atoms in total. The summed E-state index contributed by atoms with van der Waals surface area (Å²) in [5, 5.41) is 3.45. The van der Waals surface area contributed by atoms with Crippen molar-refractivity contribution in [2.75, 3.05) is 0 Å². The largest absolute Gasteiger partial charge is 0.416 e. The van der Waals surface area contributed by atoms with Gasteiger partial charge in [0, 0.05) is 5.56 Å². The number of alkyl halides is 3. The third kappa shape index (κ3) is 2.27. The van der Waals surface area contributed by atoms with Gasteiger partial charge in [0.05, 0.1) is 17.3 Å². The van der Waals surface area contributed by atoms with Crippen molar-refractivity contribution < 1.29 is 22.5 Å². The highest BCUT2D eigenvalue weighted by atomic mass is 19.4.